The van der Waals surface area contributed by atoms with Gasteiger partial charge in [-0.3, -0.25) is 4.98 Å². The zero-order valence-corrected chi connectivity index (χ0v) is 31.4. The van der Waals surface area contributed by atoms with Gasteiger partial charge in [-0.15, -0.1) is 0 Å². The number of rotatable bonds is 18. The lowest BCUT2D eigenvalue weighted by atomic mass is 9.96. The highest BCUT2D eigenvalue weighted by atomic mass is 35.5. The molecule has 1 aliphatic heterocycles. The Hall–Kier alpha value is -3.96. The number of aliphatic hydroxyl groups is 4. The number of likely N-dealkylation sites (tertiary alicyclic amines) is 1. The van der Waals surface area contributed by atoms with E-state index in [-0.39, 0.29) is 39.6 Å². The molecule has 2 heterocycles. The average Bonchev–Trinajstić information content (AvgIpc) is 3.63. The zero-order valence-electron chi connectivity index (χ0n) is 29.9. The van der Waals surface area contributed by atoms with Gasteiger partial charge in [-0.25, -0.2) is 0 Å². The van der Waals surface area contributed by atoms with Crippen molar-refractivity contribution >= 4 is 23.2 Å². The van der Waals surface area contributed by atoms with Crippen LogP contribution in [0.25, 0.3) is 11.1 Å². The molecule has 1 unspecified atom stereocenters. The topological polar surface area (TPSA) is 161 Å². The molecule has 1 fully saturated rings. The Bertz CT molecular complexity index is 1880. The lowest BCUT2D eigenvalue weighted by molar-refractivity contribution is 0.0643. The molecule has 1 aromatic heterocycles. The second-order valence-corrected chi connectivity index (χ2v) is 14.4. The predicted octanol–water partition coefficient (Wildman–Crippen LogP) is 5.28. The normalized spacial score (nSPS) is 15.3. The number of halogens is 2. The van der Waals surface area contributed by atoms with Gasteiger partial charge in [-0.1, -0.05) is 53.5 Å². The summed E-state index contributed by atoms with van der Waals surface area (Å²) >= 11 is 13.7. The molecule has 1 aliphatic rings. The molecule has 0 amide bonds. The summed E-state index contributed by atoms with van der Waals surface area (Å²) in [5, 5.41) is 51.9. The number of aliphatic hydroxyl groups excluding tert-OH is 4. The molecule has 53 heavy (non-hydrogen) atoms. The van der Waals surface area contributed by atoms with Gasteiger partial charge in [0.15, 0.2) is 0 Å². The van der Waals surface area contributed by atoms with Crippen LogP contribution in [0.5, 0.6) is 17.2 Å². The van der Waals surface area contributed by atoms with Crippen molar-refractivity contribution in [3.63, 3.8) is 0 Å². The fraction of sp³-hybridized carbons (Fsp3) is 0.400. The van der Waals surface area contributed by atoms with Gasteiger partial charge in [0.1, 0.15) is 36.5 Å². The molecule has 1 saturated heterocycles. The standard InChI is InChI=1S/C40H46Cl2N4O7/c1-26-30(5-3-6-33(26)34-7-4-8-36(39(34)42)51-21-27-9-10-46(18-27)19-32(50)20-47)23-53-38-13-37(52-22-29-11-28(14-43)15-44-16-29)31(12-35(38)41)17-45-40(2,24-48)25-49/h3-8,11-13,15-16,27,32,45,47-50H,9-10,17-25H2,1-2H3/t27-,32?/m0/s1. The van der Waals surface area contributed by atoms with Crippen molar-refractivity contribution in [2.75, 3.05) is 46.1 Å². The molecule has 5 rings (SSSR count). The molecular weight excluding hydrogens is 719 g/mol. The molecule has 0 saturated carbocycles. The van der Waals surface area contributed by atoms with E-state index < -0.39 is 11.6 Å². The van der Waals surface area contributed by atoms with E-state index >= 15 is 0 Å². The van der Waals surface area contributed by atoms with E-state index in [0.717, 1.165) is 41.8 Å². The summed E-state index contributed by atoms with van der Waals surface area (Å²) in [6.45, 7) is 6.06. The number of hydrogen-bond donors (Lipinski definition) is 5. The van der Waals surface area contributed by atoms with Gasteiger partial charge < -0.3 is 44.9 Å². The molecule has 0 spiro atoms. The molecule has 282 valence electrons. The van der Waals surface area contributed by atoms with Crippen LogP contribution in [0, 0.1) is 24.2 Å². The Morgan fingerprint density at radius 3 is 2.47 bits per heavy atom. The minimum atomic E-state index is -0.925. The van der Waals surface area contributed by atoms with Crippen molar-refractivity contribution in [1.82, 2.24) is 15.2 Å². The highest BCUT2D eigenvalue weighted by Gasteiger charge is 2.26. The quantitative estimate of drug-likeness (QED) is 0.0897. The van der Waals surface area contributed by atoms with Crippen molar-refractivity contribution in [2.45, 2.75) is 51.7 Å². The number of nitrogens with one attached hydrogen (secondary N) is 1. The number of nitriles is 1. The van der Waals surface area contributed by atoms with Gasteiger partial charge in [0.05, 0.1) is 53.7 Å². The van der Waals surface area contributed by atoms with Crippen LogP contribution in [0.3, 0.4) is 0 Å². The molecule has 0 radical (unpaired) electrons. The maximum absolute atomic E-state index is 9.80. The van der Waals surface area contributed by atoms with E-state index in [4.69, 9.17) is 37.4 Å². The highest BCUT2D eigenvalue weighted by molar-refractivity contribution is 6.35. The first kappa shape index (κ1) is 40.2. The van der Waals surface area contributed by atoms with Gasteiger partial charge in [0.25, 0.3) is 0 Å². The Balaban J connectivity index is 1.31. The van der Waals surface area contributed by atoms with E-state index in [9.17, 15) is 25.7 Å². The van der Waals surface area contributed by atoms with Crippen LogP contribution in [-0.4, -0.2) is 88.0 Å². The average molecular weight is 766 g/mol. The summed E-state index contributed by atoms with van der Waals surface area (Å²) in [5.41, 5.74) is 4.55. The molecule has 2 atom stereocenters. The summed E-state index contributed by atoms with van der Waals surface area (Å²) < 4.78 is 18.7. The SMILES string of the molecule is Cc1c(COc2cc(OCc3cncc(C#N)c3)c(CNC(C)(CO)CO)cc2Cl)cccc1-c1cccc(OC[C@H]2CCN(CC(O)CO)C2)c1Cl. The maximum atomic E-state index is 9.80. The largest absolute Gasteiger partial charge is 0.492 e. The first-order chi connectivity index (χ1) is 25.6. The van der Waals surface area contributed by atoms with Gasteiger partial charge in [-0.2, -0.15) is 5.26 Å². The third-order valence-electron chi connectivity index (χ3n) is 9.44. The number of nitrogens with zero attached hydrogens (tertiary/aromatic N) is 3. The predicted molar refractivity (Wildman–Crippen MR) is 203 cm³/mol. The first-order valence-corrected chi connectivity index (χ1v) is 18.2. The van der Waals surface area contributed by atoms with Crippen molar-refractivity contribution in [1.29, 1.82) is 5.26 Å². The number of benzene rings is 3. The van der Waals surface area contributed by atoms with Crippen LogP contribution >= 0.6 is 23.2 Å². The highest BCUT2D eigenvalue weighted by Crippen LogP contribution is 2.39. The molecule has 11 nitrogen and oxygen atoms in total. The van der Waals surface area contributed by atoms with Crippen molar-refractivity contribution in [3.8, 4) is 34.4 Å². The van der Waals surface area contributed by atoms with Crippen molar-refractivity contribution in [2.24, 2.45) is 5.92 Å². The van der Waals surface area contributed by atoms with Gasteiger partial charge in [-0.05, 0) is 61.7 Å². The van der Waals surface area contributed by atoms with E-state index in [0.29, 0.717) is 63.1 Å². The number of ether oxygens (including phenoxy) is 3. The van der Waals surface area contributed by atoms with E-state index in [1.807, 2.05) is 43.3 Å². The van der Waals surface area contributed by atoms with Gasteiger partial charge in [0.2, 0.25) is 0 Å². The minimum Gasteiger partial charge on any atom is -0.492 e. The second kappa shape index (κ2) is 18.9. The smallest absolute Gasteiger partial charge is 0.142 e. The second-order valence-electron chi connectivity index (χ2n) is 13.7. The fourth-order valence-corrected chi connectivity index (χ4v) is 6.64. The molecular formula is C40H46Cl2N4O7. The molecule has 5 N–H and O–H groups in total. The summed E-state index contributed by atoms with van der Waals surface area (Å²) in [4.78, 5) is 6.25. The first-order valence-electron chi connectivity index (χ1n) is 17.5. The maximum Gasteiger partial charge on any atom is 0.142 e. The van der Waals surface area contributed by atoms with Crippen LogP contribution in [0.15, 0.2) is 67.0 Å². The number of hydrogen-bond acceptors (Lipinski definition) is 11. The summed E-state index contributed by atoms with van der Waals surface area (Å²) in [6, 6.07) is 18.9. The molecule has 13 heteroatoms. The fourth-order valence-electron chi connectivity index (χ4n) is 6.11. The molecule has 3 aromatic carbocycles. The van der Waals surface area contributed by atoms with Crippen LogP contribution in [0.2, 0.25) is 10.0 Å². The lowest BCUT2D eigenvalue weighted by Gasteiger charge is -2.27. The summed E-state index contributed by atoms with van der Waals surface area (Å²) in [5.74, 6) is 1.76. The lowest BCUT2D eigenvalue weighted by Crippen LogP contribution is -2.48. The van der Waals surface area contributed by atoms with Gasteiger partial charge in [0, 0.05) is 60.7 Å². The monoisotopic (exact) mass is 764 g/mol. The minimum absolute atomic E-state index is 0.131. The van der Waals surface area contributed by atoms with Gasteiger partial charge >= 0.3 is 0 Å². The van der Waals surface area contributed by atoms with Crippen LogP contribution in [-0.2, 0) is 19.8 Å². The summed E-state index contributed by atoms with van der Waals surface area (Å²) in [6.07, 6.45) is 3.30. The van der Waals surface area contributed by atoms with Crippen molar-refractivity contribution in [3.05, 3.63) is 105 Å². The number of β-amino-alcohol motifs (C(OH)–C–C–N with tert-alkyl or cyclic N) is 1. The molecule has 0 aliphatic carbocycles. The molecule has 4 aromatic rings. The van der Waals surface area contributed by atoms with E-state index in [2.05, 4.69) is 21.3 Å². The van der Waals surface area contributed by atoms with Crippen molar-refractivity contribution < 1.29 is 34.6 Å². The van der Waals surface area contributed by atoms with Crippen LogP contribution < -0.4 is 19.5 Å². The summed E-state index contributed by atoms with van der Waals surface area (Å²) in [7, 11) is 0. The van der Waals surface area contributed by atoms with E-state index in [1.54, 1.807) is 31.3 Å². The van der Waals surface area contributed by atoms with Crippen LogP contribution in [0.1, 0.15) is 41.2 Å². The number of aromatic nitrogens is 1. The Labute approximate surface area is 320 Å². The third kappa shape index (κ3) is 10.6. The van der Waals surface area contributed by atoms with E-state index in [1.165, 1.54) is 6.20 Å². The Morgan fingerprint density at radius 2 is 1.72 bits per heavy atom. The zero-order chi connectivity index (χ0) is 38.0. The molecule has 0 bridgehead atoms. The Morgan fingerprint density at radius 1 is 0.962 bits per heavy atom. The number of pyridine rings is 1. The van der Waals surface area contributed by atoms with Crippen LogP contribution in [0.4, 0.5) is 0 Å². The Kier molecular flexibility index (Phi) is 14.3. The third-order valence-corrected chi connectivity index (χ3v) is 10.1.